The van der Waals surface area contributed by atoms with Gasteiger partial charge in [-0.05, 0) is 119 Å². The van der Waals surface area contributed by atoms with Crippen LogP contribution in [0.5, 0.6) is 0 Å². The van der Waals surface area contributed by atoms with Gasteiger partial charge in [0.25, 0.3) is 0 Å². The van der Waals surface area contributed by atoms with Crippen LogP contribution in [-0.4, -0.2) is 191 Å². The summed E-state index contributed by atoms with van der Waals surface area (Å²) in [6, 6.07) is 15.4. The lowest BCUT2D eigenvalue weighted by Crippen LogP contribution is -2.47. The summed E-state index contributed by atoms with van der Waals surface area (Å²) in [5.41, 5.74) is 10.3. The molecule has 23 nitrogen and oxygen atoms in total. The van der Waals surface area contributed by atoms with Crippen LogP contribution in [0.15, 0.2) is 67.0 Å². The number of esters is 1. The van der Waals surface area contributed by atoms with E-state index in [0.717, 1.165) is 55.8 Å². The minimum atomic E-state index is -1.44. The van der Waals surface area contributed by atoms with Crippen molar-refractivity contribution in [3.05, 3.63) is 89.3 Å². The number of halogens is 2. The molecule has 1 unspecified atom stereocenters. The second kappa shape index (κ2) is 29.1. The fraction of sp³-hybridized carbons (Fsp3) is 0.492. The minimum absolute atomic E-state index is 0.0281. The molecule has 8 heterocycles. The smallest absolute Gasteiger partial charge is 0.325 e. The van der Waals surface area contributed by atoms with Gasteiger partial charge >= 0.3 is 5.97 Å². The van der Waals surface area contributed by atoms with Gasteiger partial charge in [0.2, 0.25) is 35.5 Å². The van der Waals surface area contributed by atoms with Gasteiger partial charge in [-0.1, -0.05) is 25.1 Å². The number of carbonyl (C=O) groups is 6. The number of likely N-dealkylation sites (tertiary alicyclic amines) is 4. The zero-order valence-corrected chi connectivity index (χ0v) is 54.0. The van der Waals surface area contributed by atoms with E-state index >= 15 is 8.78 Å². The van der Waals surface area contributed by atoms with Crippen LogP contribution >= 0.6 is 11.3 Å². The summed E-state index contributed by atoms with van der Waals surface area (Å²) >= 11 is 1.45. The van der Waals surface area contributed by atoms with Crippen LogP contribution in [0.2, 0.25) is 0 Å². The van der Waals surface area contributed by atoms with Crippen molar-refractivity contribution in [2.75, 3.05) is 102 Å². The molecule has 11 rings (SSSR count). The van der Waals surface area contributed by atoms with Gasteiger partial charge in [-0.15, -0.1) is 11.3 Å². The highest BCUT2D eigenvalue weighted by molar-refractivity contribution is 7.86. The highest BCUT2D eigenvalue weighted by Gasteiger charge is 2.36. The number of fused-ring (bicyclic) bond motifs is 2. The Labute approximate surface area is 539 Å². The van der Waals surface area contributed by atoms with Crippen molar-refractivity contribution in [1.82, 2.24) is 64.3 Å². The first-order valence-electron chi connectivity index (χ1n) is 31.7. The molecular weight excluding hydrogens is 1220 g/mol. The largest absolute Gasteiger partial charge is 0.468 e. The number of anilines is 2. The van der Waals surface area contributed by atoms with Crippen molar-refractivity contribution >= 4 is 91.3 Å². The molecule has 0 saturated carbocycles. The molecule has 0 bridgehead atoms. The summed E-state index contributed by atoms with van der Waals surface area (Å²) in [5, 5.41) is 14.0. The highest BCUT2D eigenvalue weighted by atomic mass is 32.2. The van der Waals surface area contributed by atoms with E-state index in [9.17, 15) is 33.0 Å². The van der Waals surface area contributed by atoms with Crippen molar-refractivity contribution in [3.8, 4) is 33.0 Å². The number of amides is 5. The molecule has 4 saturated heterocycles. The van der Waals surface area contributed by atoms with Crippen molar-refractivity contribution in [2.45, 2.75) is 95.9 Å². The highest BCUT2D eigenvalue weighted by Crippen LogP contribution is 2.44. The van der Waals surface area contributed by atoms with Gasteiger partial charge in [-0.25, -0.2) is 27.9 Å². The molecule has 92 heavy (non-hydrogen) atoms. The van der Waals surface area contributed by atoms with E-state index < -0.39 is 40.4 Å². The minimum Gasteiger partial charge on any atom is -0.468 e. The lowest BCUT2D eigenvalue weighted by Gasteiger charge is -2.39. The molecule has 7 aromatic rings. The first-order chi connectivity index (χ1) is 44.4. The van der Waals surface area contributed by atoms with Crippen LogP contribution in [0.25, 0.3) is 54.8 Å². The number of aryl methyl sites for hydroxylation is 1. The fourth-order valence-electron chi connectivity index (χ4n) is 13.3. The van der Waals surface area contributed by atoms with Crippen molar-refractivity contribution in [2.24, 2.45) is 18.9 Å². The molecular formula is C65H79F2N15O8S2. The number of nitrogens with two attached hydrogens (primary N) is 1. The van der Waals surface area contributed by atoms with Crippen LogP contribution < -0.4 is 15.8 Å². The van der Waals surface area contributed by atoms with E-state index in [1.165, 1.54) is 36.5 Å². The lowest BCUT2D eigenvalue weighted by atomic mass is 9.88. The predicted octanol–water partition coefficient (Wildman–Crippen LogP) is 7.11. The summed E-state index contributed by atoms with van der Waals surface area (Å²) in [4.78, 5) is 103. The molecule has 4 fully saturated rings. The second-order valence-electron chi connectivity index (χ2n) is 24.5. The zero-order valence-electron chi connectivity index (χ0n) is 52.4. The monoisotopic (exact) mass is 1300 g/mol. The molecule has 0 aliphatic carbocycles. The molecule has 0 radical (unpaired) electrons. The van der Waals surface area contributed by atoms with E-state index in [4.69, 9.17) is 15.8 Å². The molecule has 4 aliphatic rings. The third kappa shape index (κ3) is 14.8. The number of likely N-dealkylation sites (N-methyl/N-ethyl adjacent to an activating group) is 1. The van der Waals surface area contributed by atoms with Gasteiger partial charge in [0.05, 0.1) is 63.5 Å². The normalized spacial score (nSPS) is 16.9. The molecule has 27 heteroatoms. The number of nitrogen functional groups attached to an aromatic ring is 1. The molecule has 0 spiro atoms. The lowest BCUT2D eigenvalue weighted by molar-refractivity contribution is -0.141. The Balaban J connectivity index is 0.635. The Morgan fingerprint density at radius 3 is 2.17 bits per heavy atom. The molecule has 3 aromatic carbocycles. The SMILES string of the molecule is CCCS(=O)Nc1cccc(-c2nc(C3CCN(C(=O)C4CCN(CC5CCN(C(=O)CCC(=O)N6CCC(c7nn(CC(=O)N(C)CC(=O)NCC(=O)OC)c8cccc(-c9cc%10c(cnn%10C)cc9F)c78)CC6)CC5)CC4)CC3)sc2-c2ccnc(N)n2)c1F. The summed E-state index contributed by atoms with van der Waals surface area (Å²) in [6.45, 7) is 6.94. The van der Waals surface area contributed by atoms with Crippen molar-refractivity contribution in [1.29, 1.82) is 0 Å². The number of benzene rings is 3. The third-order valence-corrected chi connectivity index (χ3v) is 20.9. The van der Waals surface area contributed by atoms with Gasteiger partial charge in [0, 0.05) is 124 Å². The maximum atomic E-state index is 16.2. The zero-order chi connectivity index (χ0) is 64.7. The van der Waals surface area contributed by atoms with Gasteiger partial charge in [0.15, 0.2) is 5.82 Å². The van der Waals surface area contributed by atoms with Crippen molar-refractivity contribution < 1.29 is 46.5 Å². The predicted molar refractivity (Wildman–Crippen MR) is 347 cm³/mol. The molecule has 4 aliphatic heterocycles. The maximum Gasteiger partial charge on any atom is 0.325 e. The van der Waals surface area contributed by atoms with E-state index in [1.807, 2.05) is 28.9 Å². The summed E-state index contributed by atoms with van der Waals surface area (Å²) in [6.07, 6.45) is 9.91. The van der Waals surface area contributed by atoms with Crippen LogP contribution in [0.1, 0.15) is 100 Å². The van der Waals surface area contributed by atoms with Gasteiger partial charge in [-0.2, -0.15) is 10.2 Å². The number of thiazole rings is 1. The molecule has 488 valence electrons. The van der Waals surface area contributed by atoms with Crippen LogP contribution in [0, 0.1) is 23.5 Å². The number of ether oxygens (including phenoxy) is 1. The topological polar surface area (TPSA) is 269 Å². The Hall–Kier alpha value is -8.30. The van der Waals surface area contributed by atoms with Gasteiger partial charge in [-0.3, -0.25) is 38.1 Å². The number of methoxy groups -OCH3 is 1. The molecule has 1 atom stereocenters. The molecule has 5 amide bonds. The quantitative estimate of drug-likeness (QED) is 0.0605. The number of rotatable bonds is 21. The number of nitrogens with zero attached hydrogens (tertiary/aromatic N) is 12. The van der Waals surface area contributed by atoms with Crippen LogP contribution in [0.4, 0.5) is 20.4 Å². The van der Waals surface area contributed by atoms with Gasteiger partial charge < -0.3 is 45.0 Å². The number of carbonyl (C=O) groups excluding carboxylic acids is 6. The summed E-state index contributed by atoms with van der Waals surface area (Å²) < 4.78 is 55.5. The maximum absolute atomic E-state index is 16.2. The number of hydrogen-bond donors (Lipinski definition) is 3. The molecule has 4 N–H and O–H groups in total. The molecule has 4 aromatic heterocycles. The average molecular weight is 1300 g/mol. The number of hydrogen-bond acceptors (Lipinski definition) is 16. The fourth-order valence-corrected chi connectivity index (χ4v) is 15.4. The average Bonchev–Trinajstić information content (AvgIpc) is 1.58. The van der Waals surface area contributed by atoms with Crippen molar-refractivity contribution in [3.63, 3.8) is 0 Å². The first kappa shape index (κ1) is 65.2. The number of nitrogens with one attached hydrogen (secondary N) is 2. The Bertz CT molecular complexity index is 3900. The van der Waals surface area contributed by atoms with E-state index in [1.54, 1.807) is 70.1 Å². The van der Waals surface area contributed by atoms with E-state index in [2.05, 4.69) is 34.7 Å². The third-order valence-electron chi connectivity index (χ3n) is 18.5. The van der Waals surface area contributed by atoms with E-state index in [-0.39, 0.29) is 85.2 Å². The summed E-state index contributed by atoms with van der Waals surface area (Å²) in [5.74, 6) is -1.75. The van der Waals surface area contributed by atoms with Gasteiger partial charge in [0.1, 0.15) is 29.9 Å². The second-order valence-corrected chi connectivity index (χ2v) is 26.8. The summed E-state index contributed by atoms with van der Waals surface area (Å²) in [7, 11) is 3.05. The Morgan fingerprint density at radius 1 is 0.804 bits per heavy atom. The Kier molecular flexibility index (Phi) is 20.6. The van der Waals surface area contributed by atoms with Crippen LogP contribution in [0.3, 0.4) is 0 Å². The number of aromatic nitrogens is 7. The number of piperidine rings is 4. The van der Waals surface area contributed by atoms with E-state index in [0.29, 0.717) is 132 Å². The standard InChI is InChI=1S/C65H79F2N15O8S2/c1-5-32-92(89)75-49-10-6-9-46(59(49)67)61-62(50-14-23-69-65(68)72-50)91-63(73-61)42-21-30-81(31-22-42)64(88)43-17-24-78(25-18-43)37-40-15-26-79(27-16-40)54(84)12-13-55(85)80-28-19-41(20-29-80)60-58-45(47-34-52-44(33-48(47)66)35-71-77(52)3)8-7-11-51(58)82(74-60)39-56(86)76(2)38-53(83)70-36-57(87)90-4/h6-11,14,23,33-35,40-43,75H,5,12-13,15-22,24-32,36-39H2,1-4H3,(H,70,83)(H2,68,69,72). The first-order valence-corrected chi connectivity index (χ1v) is 33.9. The Morgan fingerprint density at radius 2 is 1.48 bits per heavy atom. The van der Waals surface area contributed by atoms with Crippen LogP contribution in [-0.2, 0) is 58.1 Å².